The van der Waals surface area contributed by atoms with E-state index in [2.05, 4.69) is 16.5 Å². The van der Waals surface area contributed by atoms with Crippen LogP contribution in [0.4, 0.5) is 15.0 Å². The fraction of sp³-hybridized carbons (Fsp3) is 0.280. The lowest BCUT2D eigenvalue weighted by Crippen LogP contribution is -2.37. The Hall–Kier alpha value is -4.19. The molecule has 0 fully saturated rings. The summed E-state index contributed by atoms with van der Waals surface area (Å²) >= 11 is 0. The van der Waals surface area contributed by atoms with E-state index in [9.17, 15) is 14.4 Å². The van der Waals surface area contributed by atoms with Gasteiger partial charge in [-0.05, 0) is 52.0 Å². The van der Waals surface area contributed by atoms with Gasteiger partial charge in [0.1, 0.15) is 28.1 Å². The molecule has 3 heterocycles. The van der Waals surface area contributed by atoms with E-state index in [0.717, 1.165) is 5.39 Å². The van der Waals surface area contributed by atoms with Crippen molar-refractivity contribution in [3.63, 3.8) is 0 Å². The van der Waals surface area contributed by atoms with E-state index in [1.54, 1.807) is 39.2 Å². The number of hydrogen-bond donors (Lipinski definition) is 1. The summed E-state index contributed by atoms with van der Waals surface area (Å²) in [6.07, 6.45) is 2.72. The van der Waals surface area contributed by atoms with Crippen LogP contribution in [0.25, 0.3) is 33.3 Å². The zero-order chi connectivity index (χ0) is 24.6. The van der Waals surface area contributed by atoms with Gasteiger partial charge in [0, 0.05) is 24.0 Å². The number of pyridine rings is 1. The number of anilines is 1. The molecule has 34 heavy (non-hydrogen) atoms. The van der Waals surface area contributed by atoms with Crippen LogP contribution in [0.1, 0.15) is 33.3 Å². The number of imidazole rings is 1. The maximum atomic E-state index is 14.2. The lowest BCUT2D eigenvalue weighted by atomic mass is 10.1. The molecule has 1 aromatic carbocycles. The minimum atomic E-state index is -0.673. The fourth-order valence-corrected chi connectivity index (χ4v) is 3.89. The molecule has 0 saturated carbocycles. The molecule has 0 aliphatic carbocycles. The lowest BCUT2D eigenvalue weighted by molar-refractivity contribution is 0.0581. The molecule has 0 bridgehead atoms. The number of halogens is 1. The van der Waals surface area contributed by atoms with Crippen molar-refractivity contribution in [2.45, 2.75) is 39.8 Å². The molecule has 4 aromatic rings. The predicted molar refractivity (Wildman–Crippen MR) is 129 cm³/mol. The number of H-pyrrole nitrogens is 1. The lowest BCUT2D eigenvalue weighted by Gasteiger charge is -2.26. The smallest absolute Gasteiger partial charge is 0.416 e. The predicted octanol–water partition coefficient (Wildman–Crippen LogP) is 5.54. The van der Waals surface area contributed by atoms with E-state index < -0.39 is 17.5 Å². The minimum absolute atomic E-state index is 0.214. The number of allylic oxidation sites excluding steroid dienone is 1. The Morgan fingerprint density at radius 2 is 2.12 bits per heavy atom. The molecular formula is C25H25FN6O2. The Labute approximate surface area is 196 Å². The van der Waals surface area contributed by atoms with Crippen molar-refractivity contribution < 1.29 is 13.9 Å². The van der Waals surface area contributed by atoms with Crippen molar-refractivity contribution in [1.82, 2.24) is 19.5 Å². The Morgan fingerprint density at radius 1 is 1.35 bits per heavy atom. The summed E-state index contributed by atoms with van der Waals surface area (Å²) in [6, 6.07) is 8.03. The number of nitriles is 1. The van der Waals surface area contributed by atoms with E-state index >= 15 is 0 Å². The number of fused-ring (bicyclic) bond motifs is 3. The number of carbonyl (C=O) groups excluding carboxylic acids is 1. The van der Waals surface area contributed by atoms with Gasteiger partial charge in [-0.2, -0.15) is 5.26 Å². The Bertz CT molecular complexity index is 1450. The maximum absolute atomic E-state index is 14.2. The van der Waals surface area contributed by atoms with Crippen LogP contribution < -0.4 is 4.90 Å². The van der Waals surface area contributed by atoms with Crippen molar-refractivity contribution in [3.8, 4) is 17.3 Å². The summed E-state index contributed by atoms with van der Waals surface area (Å²) < 4.78 is 21.7. The number of hydrogen-bond acceptors (Lipinski definition) is 5. The number of aromatic amines is 1. The highest BCUT2D eigenvalue weighted by atomic mass is 19.1. The second kappa shape index (κ2) is 8.63. The number of amides is 1. The van der Waals surface area contributed by atoms with Crippen molar-refractivity contribution >= 4 is 34.0 Å². The average molecular weight is 461 g/mol. The number of nitrogens with zero attached hydrogens (tertiary/aromatic N) is 5. The summed E-state index contributed by atoms with van der Waals surface area (Å²) in [4.78, 5) is 26.8. The fourth-order valence-electron chi connectivity index (χ4n) is 3.89. The summed E-state index contributed by atoms with van der Waals surface area (Å²) in [7, 11) is 0. The monoisotopic (exact) mass is 460 g/mol. The molecule has 0 radical (unpaired) electrons. The molecular weight excluding hydrogens is 435 g/mol. The number of aromatic nitrogens is 4. The van der Waals surface area contributed by atoms with E-state index in [0.29, 0.717) is 46.8 Å². The molecule has 3 aromatic heterocycles. The van der Waals surface area contributed by atoms with Gasteiger partial charge in [0.05, 0.1) is 23.7 Å². The zero-order valence-corrected chi connectivity index (χ0v) is 19.5. The van der Waals surface area contributed by atoms with Crippen LogP contribution in [0.3, 0.4) is 0 Å². The van der Waals surface area contributed by atoms with Crippen LogP contribution in [0.15, 0.2) is 43.2 Å². The molecule has 174 valence electrons. The third kappa shape index (κ3) is 4.10. The van der Waals surface area contributed by atoms with Crippen LogP contribution in [0.5, 0.6) is 0 Å². The van der Waals surface area contributed by atoms with Gasteiger partial charge in [0.2, 0.25) is 0 Å². The first-order valence-electron chi connectivity index (χ1n) is 10.9. The average Bonchev–Trinajstić information content (AvgIpc) is 3.38. The van der Waals surface area contributed by atoms with E-state index in [4.69, 9.17) is 9.72 Å². The topological polar surface area (TPSA) is 99.8 Å². The number of carbonyl (C=O) groups is 1. The van der Waals surface area contributed by atoms with Gasteiger partial charge < -0.3 is 14.3 Å². The Morgan fingerprint density at radius 3 is 2.76 bits per heavy atom. The summed E-state index contributed by atoms with van der Waals surface area (Å²) in [5.74, 6) is -0.131. The number of benzene rings is 1. The van der Waals surface area contributed by atoms with Gasteiger partial charge in [-0.15, -0.1) is 6.58 Å². The van der Waals surface area contributed by atoms with Gasteiger partial charge in [-0.3, -0.25) is 4.90 Å². The van der Waals surface area contributed by atoms with Gasteiger partial charge in [-0.25, -0.2) is 19.2 Å². The second-order valence-electron chi connectivity index (χ2n) is 8.79. The van der Waals surface area contributed by atoms with Crippen LogP contribution in [-0.2, 0) is 11.3 Å². The highest BCUT2D eigenvalue weighted by Crippen LogP contribution is 2.35. The van der Waals surface area contributed by atoms with Gasteiger partial charge in [0.25, 0.3) is 0 Å². The van der Waals surface area contributed by atoms with Crippen molar-refractivity contribution in [1.29, 1.82) is 5.26 Å². The minimum Gasteiger partial charge on any atom is -0.443 e. The van der Waals surface area contributed by atoms with E-state index in [-0.39, 0.29) is 5.56 Å². The van der Waals surface area contributed by atoms with E-state index in [1.165, 1.54) is 17.0 Å². The first-order chi connectivity index (χ1) is 16.2. The van der Waals surface area contributed by atoms with Crippen molar-refractivity contribution in [2.75, 3.05) is 11.4 Å². The van der Waals surface area contributed by atoms with Crippen LogP contribution in [0.2, 0.25) is 0 Å². The Kier molecular flexibility index (Phi) is 5.83. The standard InChI is InChI=1S/C25H25FN6O2/c1-6-8-32-19(16-9-15(13-27)10-17(26)11-16)12-18-20-21(29-14-28-20)23(30-22(18)32)31(7-2)24(33)34-25(3,4)5/h6,9-12,14H,1,7-8H2,2-5H3,(H,28,29). The molecule has 0 unspecified atom stereocenters. The van der Waals surface area contributed by atoms with Gasteiger partial charge in [0.15, 0.2) is 5.82 Å². The molecule has 9 heteroatoms. The normalized spacial score (nSPS) is 11.5. The molecule has 0 saturated heterocycles. The molecule has 4 rings (SSSR count). The number of rotatable bonds is 5. The molecule has 0 spiro atoms. The largest absolute Gasteiger partial charge is 0.443 e. The molecule has 0 atom stereocenters. The molecule has 0 aliphatic rings. The zero-order valence-electron chi connectivity index (χ0n) is 19.5. The van der Waals surface area contributed by atoms with Gasteiger partial charge >= 0.3 is 6.09 Å². The molecule has 1 amide bonds. The summed E-state index contributed by atoms with van der Waals surface area (Å²) in [5, 5.41) is 10.0. The summed E-state index contributed by atoms with van der Waals surface area (Å²) in [5.41, 5.74) is 2.47. The first-order valence-corrected chi connectivity index (χ1v) is 10.9. The molecule has 0 aliphatic heterocycles. The van der Waals surface area contributed by atoms with E-state index in [1.807, 2.05) is 23.6 Å². The van der Waals surface area contributed by atoms with Crippen molar-refractivity contribution in [3.05, 3.63) is 54.6 Å². The number of nitrogens with one attached hydrogen (secondary N) is 1. The SMILES string of the molecule is C=CCn1c(-c2cc(F)cc(C#N)c2)cc2c3nc[nH]c3c(N(CC)C(=O)OC(C)(C)C)nc21. The van der Waals surface area contributed by atoms with Crippen LogP contribution >= 0.6 is 0 Å². The first kappa shape index (κ1) is 23.0. The Balaban J connectivity index is 1.99. The quantitative estimate of drug-likeness (QED) is 0.394. The summed E-state index contributed by atoms with van der Waals surface area (Å²) in [6.45, 7) is 11.8. The van der Waals surface area contributed by atoms with Crippen LogP contribution in [-0.4, -0.2) is 37.8 Å². The highest BCUT2D eigenvalue weighted by molar-refractivity contribution is 6.09. The van der Waals surface area contributed by atoms with Gasteiger partial charge in [-0.1, -0.05) is 6.08 Å². The second-order valence-corrected chi connectivity index (χ2v) is 8.79. The van der Waals surface area contributed by atoms with Crippen molar-refractivity contribution in [2.24, 2.45) is 0 Å². The maximum Gasteiger partial charge on any atom is 0.416 e. The molecule has 8 nitrogen and oxygen atoms in total. The third-order valence-electron chi connectivity index (χ3n) is 5.22. The molecule has 1 N–H and O–H groups in total. The van der Waals surface area contributed by atoms with Crippen LogP contribution in [0, 0.1) is 17.1 Å². The highest BCUT2D eigenvalue weighted by Gasteiger charge is 2.27. The third-order valence-corrected chi connectivity index (χ3v) is 5.22. The number of ether oxygens (including phenoxy) is 1.